The first-order valence-electron chi connectivity index (χ1n) is 7.44. The quantitative estimate of drug-likeness (QED) is 0.837. The number of aromatic nitrogens is 3. The number of β-amino-alcohol motifs (C(OH)–C–C–N with tert-alkyl or cyclic N) is 1. The predicted octanol–water partition coefficient (Wildman–Crippen LogP) is -0.0236. The Balaban J connectivity index is 1.51. The van der Waals surface area contributed by atoms with Crippen molar-refractivity contribution in [2.75, 3.05) is 19.7 Å². The van der Waals surface area contributed by atoms with E-state index in [1.165, 1.54) is 28.9 Å². The molecule has 0 amide bonds. The molecule has 23 heavy (non-hydrogen) atoms. The third-order valence-corrected chi connectivity index (χ3v) is 3.81. The Kier molecular flexibility index (Phi) is 4.44. The Labute approximate surface area is 132 Å². The molecule has 1 aromatic heterocycles. The molecule has 124 valence electrons. The van der Waals surface area contributed by atoms with Crippen LogP contribution in [0.5, 0.6) is 5.75 Å². The fourth-order valence-electron chi connectivity index (χ4n) is 2.65. The number of rotatable bonds is 5. The lowest BCUT2D eigenvalue weighted by Gasteiger charge is -2.28. The zero-order valence-corrected chi connectivity index (χ0v) is 12.9. The maximum atomic E-state index is 12.8. The molecule has 1 aromatic carbocycles. The van der Waals surface area contributed by atoms with Crippen molar-refractivity contribution in [3.63, 3.8) is 0 Å². The number of fused-ring (bicyclic) bond motifs is 1. The Bertz CT molecular complexity index is 725. The van der Waals surface area contributed by atoms with E-state index in [2.05, 4.69) is 5.10 Å². The largest absolute Gasteiger partial charge is 0.491 e. The SMILES string of the molecule is Cn1nc2n(c1=O)CCN(CC(O)COc1ccc(F)cc1)C2. The van der Waals surface area contributed by atoms with E-state index < -0.39 is 6.10 Å². The van der Waals surface area contributed by atoms with Crippen LogP contribution in [0.3, 0.4) is 0 Å². The summed E-state index contributed by atoms with van der Waals surface area (Å²) >= 11 is 0. The molecule has 8 heteroatoms. The van der Waals surface area contributed by atoms with E-state index in [-0.39, 0.29) is 18.1 Å². The number of ether oxygens (including phenoxy) is 1. The van der Waals surface area contributed by atoms with Crippen molar-refractivity contribution in [1.82, 2.24) is 19.2 Å². The number of hydrogen-bond acceptors (Lipinski definition) is 5. The second-order valence-electron chi connectivity index (χ2n) is 5.63. The van der Waals surface area contributed by atoms with E-state index in [4.69, 9.17) is 4.74 Å². The second-order valence-corrected chi connectivity index (χ2v) is 5.63. The lowest BCUT2D eigenvalue weighted by Crippen LogP contribution is -2.42. The van der Waals surface area contributed by atoms with Crippen molar-refractivity contribution in [3.8, 4) is 5.75 Å². The zero-order chi connectivity index (χ0) is 16.4. The van der Waals surface area contributed by atoms with Crippen LogP contribution in [0.4, 0.5) is 4.39 Å². The first-order valence-corrected chi connectivity index (χ1v) is 7.44. The van der Waals surface area contributed by atoms with Crippen LogP contribution in [0.1, 0.15) is 5.82 Å². The summed E-state index contributed by atoms with van der Waals surface area (Å²) in [5, 5.41) is 14.3. The highest BCUT2D eigenvalue weighted by Crippen LogP contribution is 2.12. The van der Waals surface area contributed by atoms with Gasteiger partial charge in [0.2, 0.25) is 0 Å². The minimum atomic E-state index is -0.679. The maximum absolute atomic E-state index is 12.8. The fraction of sp³-hybridized carbons (Fsp3) is 0.467. The number of nitrogens with zero attached hydrogens (tertiary/aromatic N) is 4. The Morgan fingerprint density at radius 2 is 2.09 bits per heavy atom. The summed E-state index contributed by atoms with van der Waals surface area (Å²) in [7, 11) is 1.63. The normalized spacial score (nSPS) is 16.1. The van der Waals surface area contributed by atoms with Gasteiger partial charge < -0.3 is 9.84 Å². The van der Waals surface area contributed by atoms with Gasteiger partial charge in [-0.3, -0.25) is 9.47 Å². The van der Waals surface area contributed by atoms with Gasteiger partial charge in [-0.05, 0) is 24.3 Å². The third-order valence-electron chi connectivity index (χ3n) is 3.81. The van der Waals surface area contributed by atoms with Crippen LogP contribution in [0, 0.1) is 5.82 Å². The Morgan fingerprint density at radius 1 is 1.35 bits per heavy atom. The summed E-state index contributed by atoms with van der Waals surface area (Å²) in [5.41, 5.74) is -0.111. The summed E-state index contributed by atoms with van der Waals surface area (Å²) in [4.78, 5) is 13.8. The van der Waals surface area contributed by atoms with E-state index in [1.807, 2.05) is 4.90 Å². The van der Waals surface area contributed by atoms with Gasteiger partial charge in [-0.1, -0.05) is 0 Å². The summed E-state index contributed by atoms with van der Waals surface area (Å²) < 4.78 is 21.2. The van der Waals surface area contributed by atoms with Gasteiger partial charge in [0.1, 0.15) is 30.1 Å². The average molecular weight is 322 g/mol. The van der Waals surface area contributed by atoms with Crippen LogP contribution in [0.15, 0.2) is 29.1 Å². The molecule has 0 saturated heterocycles. The van der Waals surface area contributed by atoms with Gasteiger partial charge in [-0.25, -0.2) is 13.9 Å². The Hall–Kier alpha value is -2.19. The molecule has 0 spiro atoms. The molecule has 3 rings (SSSR count). The van der Waals surface area contributed by atoms with Gasteiger partial charge in [-0.2, -0.15) is 5.10 Å². The van der Waals surface area contributed by atoms with Crippen LogP contribution in [0.2, 0.25) is 0 Å². The van der Waals surface area contributed by atoms with Gasteiger partial charge in [0.25, 0.3) is 0 Å². The standard InChI is InChI=1S/C15H19FN4O3/c1-18-15(22)20-7-6-19(9-14(20)17-18)8-12(21)10-23-13-4-2-11(16)3-5-13/h2-5,12,21H,6-10H2,1H3. The summed E-state index contributed by atoms with van der Waals surface area (Å²) in [6.07, 6.45) is -0.679. The molecular weight excluding hydrogens is 303 g/mol. The van der Waals surface area contributed by atoms with E-state index in [0.717, 1.165) is 0 Å². The predicted molar refractivity (Wildman–Crippen MR) is 80.6 cm³/mol. The second kappa shape index (κ2) is 6.51. The summed E-state index contributed by atoms with van der Waals surface area (Å²) in [6.45, 7) is 2.30. The number of aliphatic hydroxyl groups is 1. The van der Waals surface area contributed by atoms with Crippen molar-refractivity contribution in [1.29, 1.82) is 0 Å². The lowest BCUT2D eigenvalue weighted by molar-refractivity contribution is 0.0581. The van der Waals surface area contributed by atoms with Crippen molar-refractivity contribution in [3.05, 3.63) is 46.4 Å². The highest BCUT2D eigenvalue weighted by Gasteiger charge is 2.22. The van der Waals surface area contributed by atoms with Gasteiger partial charge in [0, 0.05) is 26.7 Å². The maximum Gasteiger partial charge on any atom is 0.345 e. The van der Waals surface area contributed by atoms with E-state index in [1.54, 1.807) is 11.6 Å². The molecule has 1 unspecified atom stereocenters. The minimum Gasteiger partial charge on any atom is -0.491 e. The highest BCUT2D eigenvalue weighted by atomic mass is 19.1. The molecule has 1 atom stereocenters. The van der Waals surface area contributed by atoms with Crippen molar-refractivity contribution >= 4 is 0 Å². The fourth-order valence-corrected chi connectivity index (χ4v) is 2.65. The van der Waals surface area contributed by atoms with E-state index in [9.17, 15) is 14.3 Å². The minimum absolute atomic E-state index is 0.111. The van der Waals surface area contributed by atoms with Crippen LogP contribution >= 0.6 is 0 Å². The van der Waals surface area contributed by atoms with Gasteiger partial charge >= 0.3 is 5.69 Å². The number of benzene rings is 1. The third kappa shape index (κ3) is 3.59. The van der Waals surface area contributed by atoms with Gasteiger partial charge in [-0.15, -0.1) is 0 Å². The summed E-state index contributed by atoms with van der Waals surface area (Å²) in [5.74, 6) is 0.894. The number of aliphatic hydroxyl groups excluding tert-OH is 1. The number of halogens is 1. The molecule has 1 aliphatic rings. The monoisotopic (exact) mass is 322 g/mol. The molecule has 1 aliphatic heterocycles. The van der Waals surface area contributed by atoms with Crippen LogP contribution in [-0.2, 0) is 20.1 Å². The molecule has 2 aromatic rings. The molecular formula is C15H19FN4O3. The molecule has 0 fully saturated rings. The molecule has 0 aliphatic carbocycles. The first-order chi connectivity index (χ1) is 11.0. The Morgan fingerprint density at radius 3 is 2.83 bits per heavy atom. The van der Waals surface area contributed by atoms with E-state index in [0.29, 0.717) is 37.8 Å². The topological polar surface area (TPSA) is 72.5 Å². The van der Waals surface area contributed by atoms with Gasteiger partial charge in [0.15, 0.2) is 0 Å². The van der Waals surface area contributed by atoms with Crippen molar-refractivity contribution in [2.24, 2.45) is 7.05 Å². The van der Waals surface area contributed by atoms with Crippen LogP contribution in [0.25, 0.3) is 0 Å². The average Bonchev–Trinajstić information content (AvgIpc) is 2.81. The molecule has 0 radical (unpaired) electrons. The van der Waals surface area contributed by atoms with Gasteiger partial charge in [0.05, 0.1) is 6.54 Å². The van der Waals surface area contributed by atoms with Crippen molar-refractivity contribution < 1.29 is 14.2 Å². The van der Waals surface area contributed by atoms with Crippen molar-refractivity contribution in [2.45, 2.75) is 19.2 Å². The number of hydrogen-bond donors (Lipinski definition) is 1. The molecule has 0 bridgehead atoms. The van der Waals surface area contributed by atoms with Crippen LogP contribution < -0.4 is 10.4 Å². The molecule has 7 nitrogen and oxygen atoms in total. The molecule has 2 heterocycles. The lowest BCUT2D eigenvalue weighted by atomic mass is 10.3. The smallest absolute Gasteiger partial charge is 0.345 e. The number of aryl methyl sites for hydroxylation is 1. The first kappa shape index (κ1) is 15.7. The molecule has 0 saturated carbocycles. The van der Waals surface area contributed by atoms with Crippen LogP contribution in [-0.4, -0.2) is 50.2 Å². The highest BCUT2D eigenvalue weighted by molar-refractivity contribution is 5.22. The zero-order valence-electron chi connectivity index (χ0n) is 12.9. The van der Waals surface area contributed by atoms with E-state index >= 15 is 0 Å². The molecule has 1 N–H and O–H groups in total. The summed E-state index contributed by atoms with van der Waals surface area (Å²) in [6, 6.07) is 5.67.